The summed E-state index contributed by atoms with van der Waals surface area (Å²) < 4.78 is 5.76. The first-order valence-electron chi connectivity index (χ1n) is 6.72. The molecule has 0 spiro atoms. The lowest BCUT2D eigenvalue weighted by atomic mass is 10.2. The summed E-state index contributed by atoms with van der Waals surface area (Å²) in [5.41, 5.74) is 0.885. The van der Waals surface area contributed by atoms with E-state index in [0.717, 1.165) is 5.56 Å². The molecule has 0 amide bonds. The van der Waals surface area contributed by atoms with Crippen LogP contribution in [0.3, 0.4) is 0 Å². The lowest BCUT2D eigenvalue weighted by molar-refractivity contribution is -0.873. The second kappa shape index (κ2) is 7.59. The molecule has 0 heterocycles. The van der Waals surface area contributed by atoms with Crippen molar-refractivity contribution in [2.24, 2.45) is 0 Å². The Morgan fingerprint density at radius 2 is 1.86 bits per heavy atom. The summed E-state index contributed by atoms with van der Waals surface area (Å²) in [6.07, 6.45) is 2.13. The Morgan fingerprint density at radius 1 is 1.24 bits per heavy atom. The fraction of sp³-hybridized carbons (Fsp3) is 0.375. The zero-order chi connectivity index (χ0) is 15.9. The van der Waals surface area contributed by atoms with E-state index in [1.807, 2.05) is 51.5 Å². The fourth-order valence-electron chi connectivity index (χ4n) is 1.88. The number of esters is 1. The third-order valence-electron chi connectivity index (χ3n) is 2.65. The Labute approximate surface area is 125 Å². The molecule has 1 aromatic rings. The number of ether oxygens (including phenoxy) is 1. The van der Waals surface area contributed by atoms with Crippen molar-refractivity contribution in [1.29, 1.82) is 0 Å². The van der Waals surface area contributed by atoms with Crippen molar-refractivity contribution >= 4 is 18.0 Å². The molecular formula is C16H22NO4+. The number of hydrogen-bond acceptors (Lipinski definition) is 3. The molecule has 1 unspecified atom stereocenters. The summed E-state index contributed by atoms with van der Waals surface area (Å²) in [5, 5.41) is 8.89. The Balaban J connectivity index is 2.63. The van der Waals surface area contributed by atoms with Crippen LogP contribution in [0.4, 0.5) is 0 Å². The molecule has 21 heavy (non-hydrogen) atoms. The van der Waals surface area contributed by atoms with Gasteiger partial charge in [-0.1, -0.05) is 30.3 Å². The summed E-state index contributed by atoms with van der Waals surface area (Å²) in [5.74, 6) is -1.51. The first-order valence-corrected chi connectivity index (χ1v) is 6.72. The maximum atomic E-state index is 11.8. The zero-order valence-corrected chi connectivity index (χ0v) is 12.7. The van der Waals surface area contributed by atoms with Crippen LogP contribution in [0.25, 0.3) is 6.08 Å². The molecule has 0 fully saturated rings. The van der Waals surface area contributed by atoms with Gasteiger partial charge < -0.3 is 14.3 Å². The highest BCUT2D eigenvalue weighted by Gasteiger charge is 2.23. The molecule has 5 nitrogen and oxygen atoms in total. The fourth-order valence-corrected chi connectivity index (χ4v) is 1.88. The quantitative estimate of drug-likeness (QED) is 0.473. The molecule has 1 atom stereocenters. The van der Waals surface area contributed by atoms with Gasteiger partial charge in [-0.25, -0.2) is 4.79 Å². The van der Waals surface area contributed by atoms with Crippen LogP contribution in [0.15, 0.2) is 36.4 Å². The van der Waals surface area contributed by atoms with Crippen molar-refractivity contribution in [3.05, 3.63) is 42.0 Å². The molecule has 1 rings (SSSR count). The van der Waals surface area contributed by atoms with Crippen molar-refractivity contribution in [3.8, 4) is 0 Å². The van der Waals surface area contributed by atoms with E-state index in [1.54, 1.807) is 6.08 Å². The average Bonchev–Trinajstić information content (AvgIpc) is 2.34. The molecule has 0 aliphatic rings. The highest BCUT2D eigenvalue weighted by Crippen LogP contribution is 2.07. The first-order chi connectivity index (χ1) is 9.76. The van der Waals surface area contributed by atoms with Crippen LogP contribution in [0, 0.1) is 0 Å². The van der Waals surface area contributed by atoms with E-state index in [2.05, 4.69) is 0 Å². The number of aliphatic carboxylic acids is 1. The molecule has 0 bridgehead atoms. The van der Waals surface area contributed by atoms with Crippen LogP contribution in [-0.4, -0.2) is 55.3 Å². The van der Waals surface area contributed by atoms with Gasteiger partial charge in [0.15, 0.2) is 6.10 Å². The minimum absolute atomic E-state index is 0.194. The maximum absolute atomic E-state index is 11.8. The largest absolute Gasteiger partial charge is 0.481 e. The maximum Gasteiger partial charge on any atom is 0.331 e. The van der Waals surface area contributed by atoms with Gasteiger partial charge in [0.1, 0.15) is 6.54 Å². The molecule has 1 aromatic carbocycles. The Morgan fingerprint density at radius 3 is 2.38 bits per heavy atom. The van der Waals surface area contributed by atoms with Gasteiger partial charge in [-0.05, 0) is 11.6 Å². The van der Waals surface area contributed by atoms with E-state index in [1.165, 1.54) is 6.08 Å². The monoisotopic (exact) mass is 292 g/mol. The van der Waals surface area contributed by atoms with Crippen molar-refractivity contribution in [2.75, 3.05) is 27.7 Å². The molecule has 114 valence electrons. The average molecular weight is 292 g/mol. The predicted octanol–water partition coefficient (Wildman–Crippen LogP) is 1.79. The number of quaternary nitrogens is 1. The summed E-state index contributed by atoms with van der Waals surface area (Å²) in [7, 11) is 5.76. The second-order valence-corrected chi connectivity index (χ2v) is 5.87. The van der Waals surface area contributed by atoms with Crippen LogP contribution >= 0.6 is 0 Å². The lowest BCUT2D eigenvalue weighted by Crippen LogP contribution is -2.43. The van der Waals surface area contributed by atoms with Crippen LogP contribution in [0.2, 0.25) is 0 Å². The number of carbonyl (C=O) groups is 2. The van der Waals surface area contributed by atoms with Gasteiger partial charge in [0.25, 0.3) is 0 Å². The number of benzene rings is 1. The number of carbonyl (C=O) groups excluding carboxylic acids is 1. The highest BCUT2D eigenvalue weighted by atomic mass is 16.5. The van der Waals surface area contributed by atoms with Gasteiger partial charge in [0.05, 0.1) is 27.6 Å². The molecule has 0 saturated heterocycles. The van der Waals surface area contributed by atoms with E-state index in [0.29, 0.717) is 11.0 Å². The Kier molecular flexibility index (Phi) is 6.11. The van der Waals surface area contributed by atoms with Crippen molar-refractivity contribution in [3.63, 3.8) is 0 Å². The van der Waals surface area contributed by atoms with Gasteiger partial charge in [0, 0.05) is 6.08 Å². The topological polar surface area (TPSA) is 63.6 Å². The van der Waals surface area contributed by atoms with Gasteiger partial charge in [0.2, 0.25) is 0 Å². The molecule has 0 aromatic heterocycles. The molecular weight excluding hydrogens is 270 g/mol. The molecule has 5 heteroatoms. The summed E-state index contributed by atoms with van der Waals surface area (Å²) >= 11 is 0. The van der Waals surface area contributed by atoms with Gasteiger partial charge in [-0.3, -0.25) is 4.79 Å². The second-order valence-electron chi connectivity index (χ2n) is 5.87. The SMILES string of the molecule is C[N+](C)(C)CC(CC(=O)O)OC(=O)/C=C/c1ccccc1. The molecule has 0 radical (unpaired) electrons. The van der Waals surface area contributed by atoms with Crippen molar-refractivity contribution < 1.29 is 23.9 Å². The number of carboxylic acids is 1. The third-order valence-corrected chi connectivity index (χ3v) is 2.65. The van der Waals surface area contributed by atoms with E-state index in [9.17, 15) is 9.59 Å². The van der Waals surface area contributed by atoms with Crippen molar-refractivity contribution in [2.45, 2.75) is 12.5 Å². The number of likely N-dealkylation sites (N-methyl/N-ethyl adjacent to an activating group) is 1. The molecule has 0 aliphatic heterocycles. The summed E-state index contributed by atoms with van der Waals surface area (Å²) in [6, 6.07) is 9.36. The summed E-state index contributed by atoms with van der Waals surface area (Å²) in [4.78, 5) is 22.6. The number of carboxylic acid groups (broad SMARTS) is 1. The normalized spacial score (nSPS) is 13.1. The van der Waals surface area contributed by atoms with Gasteiger partial charge in [-0.15, -0.1) is 0 Å². The lowest BCUT2D eigenvalue weighted by Gasteiger charge is -2.28. The van der Waals surface area contributed by atoms with E-state index >= 15 is 0 Å². The number of rotatable bonds is 7. The van der Waals surface area contributed by atoms with Gasteiger partial charge in [-0.2, -0.15) is 0 Å². The Hall–Kier alpha value is -2.14. The molecule has 0 saturated carbocycles. The van der Waals surface area contributed by atoms with Crippen molar-refractivity contribution in [1.82, 2.24) is 0 Å². The molecule has 1 N–H and O–H groups in total. The first kappa shape index (κ1) is 16.9. The number of hydrogen-bond donors (Lipinski definition) is 1. The molecule has 0 aliphatic carbocycles. The van der Waals surface area contributed by atoms with Crippen LogP contribution in [-0.2, 0) is 14.3 Å². The smallest absolute Gasteiger partial charge is 0.331 e. The Bertz CT molecular complexity index is 503. The van der Waals surface area contributed by atoms with E-state index in [4.69, 9.17) is 9.84 Å². The minimum Gasteiger partial charge on any atom is -0.481 e. The van der Waals surface area contributed by atoms with E-state index < -0.39 is 18.0 Å². The minimum atomic E-state index is -0.978. The van der Waals surface area contributed by atoms with Crippen LogP contribution in [0.1, 0.15) is 12.0 Å². The predicted molar refractivity (Wildman–Crippen MR) is 80.5 cm³/mol. The highest BCUT2D eigenvalue weighted by molar-refractivity contribution is 5.87. The summed E-state index contributed by atoms with van der Waals surface area (Å²) in [6.45, 7) is 0.442. The van der Waals surface area contributed by atoms with Gasteiger partial charge >= 0.3 is 11.9 Å². The zero-order valence-electron chi connectivity index (χ0n) is 12.7. The van der Waals surface area contributed by atoms with Crippen LogP contribution in [0.5, 0.6) is 0 Å². The third kappa shape index (κ3) is 7.89. The standard InChI is InChI=1S/C16H21NO4/c1-17(2,3)12-14(11-15(18)19)21-16(20)10-9-13-7-5-4-6-8-13/h4-10,14H,11-12H2,1-3H3/p+1/b10-9+. The van der Waals surface area contributed by atoms with Crippen LogP contribution < -0.4 is 0 Å². The van der Waals surface area contributed by atoms with E-state index in [-0.39, 0.29) is 6.42 Å². The number of nitrogens with zero attached hydrogens (tertiary/aromatic N) is 1.